The Morgan fingerprint density at radius 3 is 2.64 bits per heavy atom. The molecular weight excluding hydrogens is 330 g/mol. The summed E-state index contributed by atoms with van der Waals surface area (Å²) < 4.78 is 29.0. The smallest absolute Gasteiger partial charge is 0.262 e. The molecule has 3 aromatic carbocycles. The highest BCUT2D eigenvalue weighted by Gasteiger charge is 2.24. The molecule has 3 nitrogen and oxygen atoms in total. The van der Waals surface area contributed by atoms with Crippen molar-refractivity contribution in [3.8, 4) is 0 Å². The molecule has 1 N–H and O–H groups in total. The summed E-state index contributed by atoms with van der Waals surface area (Å²) >= 11 is 0. The zero-order chi connectivity index (χ0) is 17.4. The third-order valence-corrected chi connectivity index (χ3v) is 6.45. The maximum absolute atomic E-state index is 13.1. The van der Waals surface area contributed by atoms with Gasteiger partial charge in [-0.25, -0.2) is 8.42 Å². The van der Waals surface area contributed by atoms with Gasteiger partial charge < -0.3 is 0 Å². The van der Waals surface area contributed by atoms with Crippen LogP contribution in [-0.2, 0) is 29.3 Å². The Hall–Kier alpha value is -2.33. The number of anilines is 1. The van der Waals surface area contributed by atoms with Crippen LogP contribution in [0.2, 0.25) is 0 Å². The van der Waals surface area contributed by atoms with E-state index in [4.69, 9.17) is 0 Å². The monoisotopic (exact) mass is 351 g/mol. The number of hydrogen-bond donors (Lipinski definition) is 1. The minimum atomic E-state index is -3.61. The van der Waals surface area contributed by atoms with Crippen LogP contribution in [0.1, 0.15) is 30.0 Å². The number of para-hydroxylation sites is 1. The highest BCUT2D eigenvalue weighted by Crippen LogP contribution is 2.34. The summed E-state index contributed by atoms with van der Waals surface area (Å²) in [6, 6.07) is 17.5. The van der Waals surface area contributed by atoms with Gasteiger partial charge in [0.05, 0.1) is 10.6 Å². The third-order valence-electron chi connectivity index (χ3n) is 5.00. The summed E-state index contributed by atoms with van der Waals surface area (Å²) in [6.45, 7) is 2.03. The van der Waals surface area contributed by atoms with Crippen molar-refractivity contribution >= 4 is 26.5 Å². The van der Waals surface area contributed by atoms with E-state index in [1.54, 1.807) is 6.07 Å². The van der Waals surface area contributed by atoms with Crippen LogP contribution in [-0.4, -0.2) is 8.42 Å². The molecule has 0 aromatic heterocycles. The standard InChI is InChI=1S/C21H21NO2S/c1-2-15-7-3-4-12-19(15)22-25(23,24)20-14-13-17-9-5-8-16-10-6-11-18(20)21(16)17/h3-5,7-9,12-14,22H,2,6,10-11H2,1H3. The summed E-state index contributed by atoms with van der Waals surface area (Å²) in [5.74, 6) is 0. The molecule has 25 heavy (non-hydrogen) atoms. The SMILES string of the molecule is CCc1ccccc1NS(=O)(=O)c1ccc2cccc3c2c1CCC3. The van der Waals surface area contributed by atoms with Gasteiger partial charge >= 0.3 is 0 Å². The van der Waals surface area contributed by atoms with Crippen molar-refractivity contribution in [2.75, 3.05) is 4.72 Å². The van der Waals surface area contributed by atoms with Gasteiger partial charge in [0.1, 0.15) is 0 Å². The number of benzene rings is 3. The minimum absolute atomic E-state index is 0.415. The Labute approximate surface area is 148 Å². The van der Waals surface area contributed by atoms with E-state index in [9.17, 15) is 8.42 Å². The fraction of sp³-hybridized carbons (Fsp3) is 0.238. The van der Waals surface area contributed by atoms with Crippen LogP contribution in [0.25, 0.3) is 10.8 Å². The van der Waals surface area contributed by atoms with Crippen LogP contribution in [0.3, 0.4) is 0 Å². The molecule has 3 aromatic rings. The summed E-state index contributed by atoms with van der Waals surface area (Å²) in [7, 11) is -3.61. The van der Waals surface area contributed by atoms with E-state index in [1.807, 2.05) is 37.3 Å². The third kappa shape index (κ3) is 2.81. The van der Waals surface area contributed by atoms with Gasteiger partial charge in [-0.3, -0.25) is 4.72 Å². The van der Waals surface area contributed by atoms with E-state index in [0.717, 1.165) is 47.6 Å². The molecule has 1 aliphatic rings. The molecule has 0 atom stereocenters. The van der Waals surface area contributed by atoms with Crippen molar-refractivity contribution < 1.29 is 8.42 Å². The first kappa shape index (κ1) is 16.2. The maximum atomic E-state index is 13.1. The second-order valence-corrected chi connectivity index (χ2v) is 8.18. The largest absolute Gasteiger partial charge is 0.279 e. The first-order chi connectivity index (χ1) is 12.1. The van der Waals surface area contributed by atoms with E-state index < -0.39 is 10.0 Å². The molecule has 0 amide bonds. The molecule has 128 valence electrons. The van der Waals surface area contributed by atoms with E-state index in [-0.39, 0.29) is 0 Å². The lowest BCUT2D eigenvalue weighted by atomic mass is 9.89. The summed E-state index contributed by atoms with van der Waals surface area (Å²) in [6.07, 6.45) is 3.59. The van der Waals surface area contributed by atoms with Crippen molar-refractivity contribution in [1.29, 1.82) is 0 Å². The molecule has 0 fully saturated rings. The molecule has 0 bridgehead atoms. The lowest BCUT2D eigenvalue weighted by Crippen LogP contribution is -2.17. The van der Waals surface area contributed by atoms with Crippen LogP contribution in [0.5, 0.6) is 0 Å². The molecule has 0 unspecified atom stereocenters. The van der Waals surface area contributed by atoms with Crippen LogP contribution < -0.4 is 4.72 Å². The molecule has 4 rings (SSSR count). The van der Waals surface area contributed by atoms with Gasteiger partial charge in [0.25, 0.3) is 10.0 Å². The van der Waals surface area contributed by atoms with E-state index in [1.165, 1.54) is 5.56 Å². The number of aryl methyl sites for hydroxylation is 3. The Kier molecular flexibility index (Phi) is 4.00. The van der Waals surface area contributed by atoms with Crippen molar-refractivity contribution in [2.24, 2.45) is 0 Å². The molecule has 0 saturated heterocycles. The van der Waals surface area contributed by atoms with E-state index in [0.29, 0.717) is 10.6 Å². The van der Waals surface area contributed by atoms with Gasteiger partial charge in [0, 0.05) is 0 Å². The molecule has 0 saturated carbocycles. The average Bonchev–Trinajstić information content (AvgIpc) is 2.62. The maximum Gasteiger partial charge on any atom is 0.262 e. The number of nitrogens with one attached hydrogen (secondary N) is 1. The van der Waals surface area contributed by atoms with Gasteiger partial charge in [0.2, 0.25) is 0 Å². The Balaban J connectivity index is 1.85. The quantitative estimate of drug-likeness (QED) is 0.741. The normalized spacial score (nSPS) is 13.8. The first-order valence-corrected chi connectivity index (χ1v) is 10.2. The summed E-state index contributed by atoms with van der Waals surface area (Å²) in [5, 5.41) is 2.25. The van der Waals surface area contributed by atoms with Crippen molar-refractivity contribution in [1.82, 2.24) is 0 Å². The van der Waals surface area contributed by atoms with Gasteiger partial charge in [0.15, 0.2) is 0 Å². The zero-order valence-corrected chi connectivity index (χ0v) is 15.1. The molecule has 4 heteroatoms. The van der Waals surface area contributed by atoms with Gasteiger partial charge in [-0.2, -0.15) is 0 Å². The van der Waals surface area contributed by atoms with Crippen molar-refractivity contribution in [2.45, 2.75) is 37.5 Å². The van der Waals surface area contributed by atoms with Gasteiger partial charge in [-0.1, -0.05) is 49.4 Å². The fourth-order valence-electron chi connectivity index (χ4n) is 3.81. The van der Waals surface area contributed by atoms with Crippen LogP contribution in [0.15, 0.2) is 59.5 Å². The van der Waals surface area contributed by atoms with Crippen LogP contribution >= 0.6 is 0 Å². The predicted molar refractivity (Wildman–Crippen MR) is 103 cm³/mol. The van der Waals surface area contributed by atoms with Crippen LogP contribution in [0.4, 0.5) is 5.69 Å². The van der Waals surface area contributed by atoms with Crippen molar-refractivity contribution in [3.63, 3.8) is 0 Å². The summed E-state index contributed by atoms with van der Waals surface area (Å²) in [4.78, 5) is 0.415. The Morgan fingerprint density at radius 1 is 0.960 bits per heavy atom. The van der Waals surface area contributed by atoms with Crippen molar-refractivity contribution in [3.05, 3.63) is 71.3 Å². The number of sulfonamides is 1. The molecule has 1 aliphatic carbocycles. The second-order valence-electron chi connectivity index (χ2n) is 6.53. The zero-order valence-electron chi connectivity index (χ0n) is 14.2. The molecule has 0 aliphatic heterocycles. The number of rotatable bonds is 4. The predicted octanol–water partition coefficient (Wildman–Crippen LogP) is 4.69. The second kappa shape index (κ2) is 6.19. The molecule has 0 spiro atoms. The minimum Gasteiger partial charge on any atom is -0.279 e. The van der Waals surface area contributed by atoms with E-state index >= 15 is 0 Å². The van der Waals surface area contributed by atoms with Gasteiger partial charge in [-0.15, -0.1) is 0 Å². The van der Waals surface area contributed by atoms with E-state index in [2.05, 4.69) is 22.9 Å². The molecule has 0 radical (unpaired) electrons. The average molecular weight is 351 g/mol. The topological polar surface area (TPSA) is 46.2 Å². The lowest BCUT2D eigenvalue weighted by molar-refractivity contribution is 0.599. The molecule has 0 heterocycles. The van der Waals surface area contributed by atoms with Gasteiger partial charge in [-0.05, 0) is 65.3 Å². The summed E-state index contributed by atoms with van der Waals surface area (Å²) in [5.41, 5.74) is 3.88. The lowest BCUT2D eigenvalue weighted by Gasteiger charge is -2.21. The first-order valence-electron chi connectivity index (χ1n) is 8.74. The fourth-order valence-corrected chi connectivity index (χ4v) is 5.18. The number of hydrogen-bond acceptors (Lipinski definition) is 2. The Bertz CT molecular complexity index is 1050. The van der Waals surface area contributed by atoms with Crippen LogP contribution in [0, 0.1) is 0 Å². The highest BCUT2D eigenvalue weighted by molar-refractivity contribution is 7.92. The highest BCUT2D eigenvalue weighted by atomic mass is 32.2. The molecular formula is C21H21NO2S. The Morgan fingerprint density at radius 2 is 1.80 bits per heavy atom.